The first kappa shape index (κ1) is 11.5. The van der Waals surface area contributed by atoms with Gasteiger partial charge in [-0.2, -0.15) is 0 Å². The zero-order chi connectivity index (χ0) is 12.3. The molecule has 0 aliphatic rings. The van der Waals surface area contributed by atoms with Gasteiger partial charge in [-0.1, -0.05) is 12.1 Å². The van der Waals surface area contributed by atoms with Crippen LogP contribution in [-0.2, 0) is 0 Å². The average molecular weight is 233 g/mol. The van der Waals surface area contributed by atoms with Gasteiger partial charge in [0, 0.05) is 6.20 Å². The van der Waals surface area contributed by atoms with Crippen LogP contribution < -0.4 is 4.74 Å². The monoisotopic (exact) mass is 233 g/mol. The molecule has 0 aliphatic heterocycles. The molecule has 2 aromatic rings. The van der Waals surface area contributed by atoms with E-state index in [1.165, 1.54) is 19.2 Å². The van der Waals surface area contributed by atoms with Crippen molar-refractivity contribution in [3.05, 3.63) is 59.7 Å². The fourth-order valence-electron chi connectivity index (χ4n) is 1.56. The van der Waals surface area contributed by atoms with Gasteiger partial charge in [0.2, 0.25) is 0 Å². The number of aliphatic hydroxyl groups is 1. The first-order chi connectivity index (χ1) is 8.22. The Kier molecular flexibility index (Phi) is 3.35. The molecule has 0 amide bonds. The Bertz CT molecular complexity index is 502. The largest absolute Gasteiger partial charge is 0.494 e. The van der Waals surface area contributed by atoms with Crippen LogP contribution in [0.5, 0.6) is 5.75 Å². The maximum absolute atomic E-state index is 13.5. The smallest absolute Gasteiger partial charge is 0.165 e. The number of rotatable bonds is 3. The minimum atomic E-state index is -0.934. The van der Waals surface area contributed by atoms with E-state index in [-0.39, 0.29) is 5.75 Å². The lowest BCUT2D eigenvalue weighted by atomic mass is 10.1. The molecule has 1 aromatic heterocycles. The molecule has 88 valence electrons. The highest BCUT2D eigenvalue weighted by Crippen LogP contribution is 2.24. The molecule has 0 saturated heterocycles. The van der Waals surface area contributed by atoms with Crippen molar-refractivity contribution < 1.29 is 14.2 Å². The molecule has 0 fully saturated rings. The van der Waals surface area contributed by atoms with Gasteiger partial charge in [-0.15, -0.1) is 0 Å². The summed E-state index contributed by atoms with van der Waals surface area (Å²) < 4.78 is 18.3. The Morgan fingerprint density at radius 1 is 1.29 bits per heavy atom. The van der Waals surface area contributed by atoms with E-state index in [0.29, 0.717) is 11.3 Å². The molecule has 2 rings (SSSR count). The number of nitrogens with zero attached hydrogens (tertiary/aromatic N) is 1. The Morgan fingerprint density at radius 3 is 2.71 bits per heavy atom. The minimum Gasteiger partial charge on any atom is -0.494 e. The number of methoxy groups -OCH3 is 1. The van der Waals surface area contributed by atoms with Crippen LogP contribution in [0.15, 0.2) is 42.6 Å². The van der Waals surface area contributed by atoms with Gasteiger partial charge < -0.3 is 9.84 Å². The van der Waals surface area contributed by atoms with Gasteiger partial charge in [-0.05, 0) is 29.8 Å². The van der Waals surface area contributed by atoms with Crippen LogP contribution in [0.1, 0.15) is 17.4 Å². The molecule has 1 heterocycles. The van der Waals surface area contributed by atoms with Gasteiger partial charge in [-0.25, -0.2) is 4.39 Å². The third-order valence-corrected chi connectivity index (χ3v) is 2.46. The fraction of sp³-hybridized carbons (Fsp3) is 0.154. The number of halogens is 1. The van der Waals surface area contributed by atoms with Crippen LogP contribution in [0.2, 0.25) is 0 Å². The van der Waals surface area contributed by atoms with Crippen molar-refractivity contribution in [2.75, 3.05) is 7.11 Å². The van der Waals surface area contributed by atoms with E-state index >= 15 is 0 Å². The lowest BCUT2D eigenvalue weighted by Crippen LogP contribution is -2.02. The summed E-state index contributed by atoms with van der Waals surface area (Å²) in [4.78, 5) is 4.02. The van der Waals surface area contributed by atoms with Crippen molar-refractivity contribution in [2.24, 2.45) is 0 Å². The van der Waals surface area contributed by atoms with E-state index < -0.39 is 11.9 Å². The highest BCUT2D eigenvalue weighted by Gasteiger charge is 2.13. The van der Waals surface area contributed by atoms with Crippen molar-refractivity contribution in [3.8, 4) is 5.75 Å². The molecule has 0 bridgehead atoms. The summed E-state index contributed by atoms with van der Waals surface area (Å²) >= 11 is 0. The first-order valence-electron chi connectivity index (χ1n) is 5.15. The van der Waals surface area contributed by atoms with Crippen LogP contribution >= 0.6 is 0 Å². The lowest BCUT2D eigenvalue weighted by molar-refractivity contribution is 0.214. The second-order valence-corrected chi connectivity index (χ2v) is 3.55. The number of aromatic nitrogens is 1. The van der Waals surface area contributed by atoms with E-state index in [4.69, 9.17) is 4.74 Å². The molecule has 0 spiro atoms. The second-order valence-electron chi connectivity index (χ2n) is 3.55. The lowest BCUT2D eigenvalue weighted by Gasteiger charge is -2.11. The van der Waals surface area contributed by atoms with Crippen molar-refractivity contribution in [1.82, 2.24) is 4.98 Å². The van der Waals surface area contributed by atoms with Gasteiger partial charge in [-0.3, -0.25) is 4.98 Å². The molecule has 3 nitrogen and oxygen atoms in total. The SMILES string of the molecule is COc1ccc([C@@H](O)c2ccccn2)cc1F. The van der Waals surface area contributed by atoms with Gasteiger partial charge in [0.25, 0.3) is 0 Å². The molecule has 1 aromatic carbocycles. The summed E-state index contributed by atoms with van der Waals surface area (Å²) in [5.41, 5.74) is 0.930. The van der Waals surface area contributed by atoms with Crippen LogP contribution in [0.4, 0.5) is 4.39 Å². The Morgan fingerprint density at radius 2 is 2.12 bits per heavy atom. The number of hydrogen-bond acceptors (Lipinski definition) is 3. The molecule has 0 aliphatic carbocycles. The van der Waals surface area contributed by atoms with Crippen LogP contribution in [0.3, 0.4) is 0 Å². The molecule has 0 saturated carbocycles. The van der Waals surface area contributed by atoms with Crippen molar-refractivity contribution in [2.45, 2.75) is 6.10 Å². The molecule has 1 N–H and O–H groups in total. The third-order valence-electron chi connectivity index (χ3n) is 2.46. The standard InChI is InChI=1S/C13H12FNO2/c1-17-12-6-5-9(8-10(12)14)13(16)11-4-2-3-7-15-11/h2-8,13,16H,1H3/t13-/m1/s1. The highest BCUT2D eigenvalue weighted by molar-refractivity contribution is 5.33. The Labute approximate surface area is 98.5 Å². The maximum atomic E-state index is 13.5. The number of benzene rings is 1. The molecule has 0 radical (unpaired) electrons. The quantitative estimate of drug-likeness (QED) is 0.884. The topological polar surface area (TPSA) is 42.4 Å². The van der Waals surface area contributed by atoms with Gasteiger partial charge in [0.05, 0.1) is 12.8 Å². The van der Waals surface area contributed by atoms with Crippen molar-refractivity contribution in [1.29, 1.82) is 0 Å². The van der Waals surface area contributed by atoms with Crippen LogP contribution in [0.25, 0.3) is 0 Å². The van der Waals surface area contributed by atoms with E-state index in [9.17, 15) is 9.50 Å². The molecular formula is C13H12FNO2. The molecule has 0 unspecified atom stereocenters. The summed E-state index contributed by atoms with van der Waals surface area (Å²) in [7, 11) is 1.40. The summed E-state index contributed by atoms with van der Waals surface area (Å²) in [6.07, 6.45) is 0.648. The molecule has 17 heavy (non-hydrogen) atoms. The Balaban J connectivity index is 2.32. The number of pyridine rings is 1. The Hall–Kier alpha value is -1.94. The third kappa shape index (κ3) is 2.42. The second kappa shape index (κ2) is 4.93. The zero-order valence-electron chi connectivity index (χ0n) is 9.30. The number of hydrogen-bond donors (Lipinski definition) is 1. The molecule has 4 heteroatoms. The van der Waals surface area contributed by atoms with Crippen molar-refractivity contribution in [3.63, 3.8) is 0 Å². The van der Waals surface area contributed by atoms with Crippen molar-refractivity contribution >= 4 is 0 Å². The number of ether oxygens (including phenoxy) is 1. The van der Waals surface area contributed by atoms with Crippen LogP contribution in [0, 0.1) is 5.82 Å². The predicted molar refractivity (Wildman–Crippen MR) is 61.3 cm³/mol. The van der Waals surface area contributed by atoms with Gasteiger partial charge in [0.1, 0.15) is 6.10 Å². The zero-order valence-corrected chi connectivity index (χ0v) is 9.30. The number of aliphatic hydroxyl groups excluding tert-OH is 1. The van der Waals surface area contributed by atoms with E-state index in [1.807, 2.05) is 0 Å². The van der Waals surface area contributed by atoms with E-state index in [1.54, 1.807) is 30.5 Å². The first-order valence-corrected chi connectivity index (χ1v) is 5.15. The fourth-order valence-corrected chi connectivity index (χ4v) is 1.56. The van der Waals surface area contributed by atoms with E-state index in [2.05, 4.69) is 4.98 Å². The molecular weight excluding hydrogens is 221 g/mol. The molecule has 1 atom stereocenters. The minimum absolute atomic E-state index is 0.155. The average Bonchev–Trinajstić information content (AvgIpc) is 2.39. The van der Waals surface area contributed by atoms with Crippen LogP contribution in [-0.4, -0.2) is 17.2 Å². The summed E-state index contributed by atoms with van der Waals surface area (Å²) in [5, 5.41) is 10.0. The summed E-state index contributed by atoms with van der Waals surface area (Å²) in [5.74, 6) is -0.345. The predicted octanol–water partition coefficient (Wildman–Crippen LogP) is 2.31. The normalized spacial score (nSPS) is 12.2. The summed E-state index contributed by atoms with van der Waals surface area (Å²) in [6.45, 7) is 0. The van der Waals surface area contributed by atoms with Gasteiger partial charge >= 0.3 is 0 Å². The highest BCUT2D eigenvalue weighted by atomic mass is 19.1. The van der Waals surface area contributed by atoms with Gasteiger partial charge in [0.15, 0.2) is 11.6 Å². The van der Waals surface area contributed by atoms with E-state index in [0.717, 1.165) is 0 Å². The summed E-state index contributed by atoms with van der Waals surface area (Å²) in [6, 6.07) is 9.55. The maximum Gasteiger partial charge on any atom is 0.165 e.